The van der Waals surface area contributed by atoms with E-state index in [0.29, 0.717) is 13.0 Å². The number of likely N-dealkylation sites (tertiary alicyclic amines) is 1. The molecule has 1 rings (SSSR count). The van der Waals surface area contributed by atoms with E-state index < -0.39 is 0 Å². The Morgan fingerprint density at radius 3 is 2.86 bits per heavy atom. The summed E-state index contributed by atoms with van der Waals surface area (Å²) in [5.74, 6) is 0.293. The highest BCUT2D eigenvalue weighted by Gasteiger charge is 2.21. The van der Waals surface area contributed by atoms with Crippen LogP contribution in [0.1, 0.15) is 26.2 Å². The summed E-state index contributed by atoms with van der Waals surface area (Å²) in [6, 6.07) is 0.0873. The van der Waals surface area contributed by atoms with Crippen LogP contribution in [0.25, 0.3) is 0 Å². The van der Waals surface area contributed by atoms with Gasteiger partial charge in [0.05, 0.1) is 6.04 Å². The summed E-state index contributed by atoms with van der Waals surface area (Å²) in [7, 11) is 0. The SMILES string of the molecule is CCC(=O)N1CCCC(N=C(N)N)C1. The first-order valence-corrected chi connectivity index (χ1v) is 5.00. The van der Waals surface area contributed by atoms with Crippen molar-refractivity contribution in [2.24, 2.45) is 16.5 Å². The van der Waals surface area contributed by atoms with Crippen LogP contribution in [0.5, 0.6) is 0 Å². The summed E-state index contributed by atoms with van der Waals surface area (Å²) in [6.07, 6.45) is 2.49. The fraction of sp³-hybridized carbons (Fsp3) is 0.778. The fourth-order valence-corrected chi connectivity index (χ4v) is 1.72. The molecule has 1 heterocycles. The number of guanidine groups is 1. The summed E-state index contributed by atoms with van der Waals surface area (Å²) in [5, 5.41) is 0. The number of rotatable bonds is 2. The van der Waals surface area contributed by atoms with Crippen LogP contribution in [-0.4, -0.2) is 35.9 Å². The molecule has 1 saturated heterocycles. The van der Waals surface area contributed by atoms with Crippen molar-refractivity contribution in [3.63, 3.8) is 0 Å². The van der Waals surface area contributed by atoms with Crippen molar-refractivity contribution in [3.05, 3.63) is 0 Å². The van der Waals surface area contributed by atoms with Gasteiger partial charge in [-0.1, -0.05) is 6.92 Å². The predicted molar refractivity (Wildman–Crippen MR) is 55.7 cm³/mol. The van der Waals surface area contributed by atoms with Crippen LogP contribution in [0, 0.1) is 0 Å². The van der Waals surface area contributed by atoms with Crippen molar-refractivity contribution in [2.45, 2.75) is 32.2 Å². The standard InChI is InChI=1S/C9H18N4O/c1-2-8(14)13-5-3-4-7(6-13)12-9(10)11/h7H,2-6H2,1H3,(H4,10,11,12). The maximum Gasteiger partial charge on any atom is 0.222 e. The molecule has 1 aliphatic rings. The highest BCUT2D eigenvalue weighted by atomic mass is 16.2. The molecular weight excluding hydrogens is 180 g/mol. The van der Waals surface area contributed by atoms with E-state index in [2.05, 4.69) is 4.99 Å². The molecule has 0 aromatic rings. The molecule has 80 valence electrons. The molecule has 14 heavy (non-hydrogen) atoms. The molecule has 0 aromatic carbocycles. The number of carbonyl (C=O) groups is 1. The lowest BCUT2D eigenvalue weighted by Crippen LogP contribution is -2.42. The maximum absolute atomic E-state index is 11.4. The van der Waals surface area contributed by atoms with Crippen LogP contribution in [0.4, 0.5) is 0 Å². The van der Waals surface area contributed by atoms with Gasteiger partial charge in [0.15, 0.2) is 5.96 Å². The lowest BCUT2D eigenvalue weighted by molar-refractivity contribution is -0.131. The Labute approximate surface area is 84.1 Å². The number of piperidine rings is 1. The molecule has 1 unspecified atom stereocenters. The van der Waals surface area contributed by atoms with Crippen molar-refractivity contribution in [3.8, 4) is 0 Å². The van der Waals surface area contributed by atoms with Gasteiger partial charge in [-0.05, 0) is 12.8 Å². The summed E-state index contributed by atoms with van der Waals surface area (Å²) in [6.45, 7) is 3.36. The minimum Gasteiger partial charge on any atom is -0.370 e. The highest BCUT2D eigenvalue weighted by Crippen LogP contribution is 2.13. The average Bonchev–Trinajstić information content (AvgIpc) is 2.16. The molecule has 5 nitrogen and oxygen atoms in total. The van der Waals surface area contributed by atoms with Gasteiger partial charge in [-0.2, -0.15) is 0 Å². The van der Waals surface area contributed by atoms with E-state index in [0.717, 1.165) is 19.4 Å². The Morgan fingerprint density at radius 1 is 1.57 bits per heavy atom. The normalized spacial score (nSPS) is 21.8. The van der Waals surface area contributed by atoms with E-state index >= 15 is 0 Å². The first-order chi connectivity index (χ1) is 6.63. The Hall–Kier alpha value is -1.26. The molecule has 0 aliphatic carbocycles. The van der Waals surface area contributed by atoms with Gasteiger partial charge >= 0.3 is 0 Å². The van der Waals surface area contributed by atoms with Gasteiger partial charge in [0, 0.05) is 19.5 Å². The summed E-state index contributed by atoms with van der Waals surface area (Å²) >= 11 is 0. The number of nitrogens with zero attached hydrogens (tertiary/aromatic N) is 2. The molecule has 0 bridgehead atoms. The number of hydrogen-bond donors (Lipinski definition) is 2. The van der Waals surface area contributed by atoms with Gasteiger partial charge in [0.2, 0.25) is 5.91 Å². The van der Waals surface area contributed by atoms with Crippen LogP contribution >= 0.6 is 0 Å². The van der Waals surface area contributed by atoms with Gasteiger partial charge in [0.25, 0.3) is 0 Å². The largest absolute Gasteiger partial charge is 0.370 e. The Balaban J connectivity index is 2.52. The van der Waals surface area contributed by atoms with Crippen molar-refractivity contribution in [1.82, 2.24) is 4.90 Å². The van der Waals surface area contributed by atoms with Crippen molar-refractivity contribution in [1.29, 1.82) is 0 Å². The number of hydrogen-bond acceptors (Lipinski definition) is 2. The zero-order chi connectivity index (χ0) is 10.6. The quantitative estimate of drug-likeness (QED) is 0.470. The number of amides is 1. The second-order valence-corrected chi connectivity index (χ2v) is 3.54. The monoisotopic (exact) mass is 198 g/mol. The Bertz CT molecular complexity index is 235. The van der Waals surface area contributed by atoms with E-state index in [9.17, 15) is 4.79 Å². The molecule has 5 heteroatoms. The second kappa shape index (κ2) is 4.83. The van der Waals surface area contributed by atoms with Gasteiger partial charge in [-0.3, -0.25) is 4.79 Å². The third kappa shape index (κ3) is 2.90. The van der Waals surface area contributed by atoms with Gasteiger partial charge in [-0.15, -0.1) is 0 Å². The number of nitrogens with two attached hydrogens (primary N) is 2. The van der Waals surface area contributed by atoms with Crippen LogP contribution < -0.4 is 11.5 Å². The first kappa shape index (κ1) is 10.8. The highest BCUT2D eigenvalue weighted by molar-refractivity contribution is 5.77. The minimum absolute atomic E-state index is 0.0873. The maximum atomic E-state index is 11.4. The molecule has 4 N–H and O–H groups in total. The molecule has 1 aliphatic heterocycles. The number of aliphatic imine (C=N–C) groups is 1. The van der Waals surface area contributed by atoms with Gasteiger partial charge < -0.3 is 16.4 Å². The molecule has 0 saturated carbocycles. The summed E-state index contributed by atoms with van der Waals surface area (Å²) in [4.78, 5) is 17.3. The third-order valence-electron chi connectivity index (χ3n) is 2.38. The molecular formula is C9H18N4O. The minimum atomic E-state index is 0.0873. The third-order valence-corrected chi connectivity index (χ3v) is 2.38. The van der Waals surface area contributed by atoms with E-state index in [1.807, 2.05) is 11.8 Å². The van der Waals surface area contributed by atoms with Crippen molar-refractivity contribution in [2.75, 3.05) is 13.1 Å². The van der Waals surface area contributed by atoms with E-state index in [4.69, 9.17) is 11.5 Å². The molecule has 1 atom stereocenters. The fourth-order valence-electron chi connectivity index (χ4n) is 1.72. The Morgan fingerprint density at radius 2 is 2.29 bits per heavy atom. The van der Waals surface area contributed by atoms with Crippen molar-refractivity contribution < 1.29 is 4.79 Å². The van der Waals surface area contributed by atoms with Crippen LogP contribution in [0.15, 0.2) is 4.99 Å². The first-order valence-electron chi connectivity index (χ1n) is 5.00. The van der Waals surface area contributed by atoms with E-state index in [1.54, 1.807) is 0 Å². The van der Waals surface area contributed by atoms with E-state index in [-0.39, 0.29) is 17.9 Å². The predicted octanol–water partition coefficient (Wildman–Crippen LogP) is -0.339. The molecule has 0 radical (unpaired) electrons. The number of carbonyl (C=O) groups excluding carboxylic acids is 1. The molecule has 0 aromatic heterocycles. The van der Waals surface area contributed by atoms with Crippen LogP contribution in [0.3, 0.4) is 0 Å². The topological polar surface area (TPSA) is 84.7 Å². The van der Waals surface area contributed by atoms with E-state index in [1.165, 1.54) is 0 Å². The van der Waals surface area contributed by atoms with Gasteiger partial charge in [-0.25, -0.2) is 4.99 Å². The summed E-state index contributed by atoms with van der Waals surface area (Å²) < 4.78 is 0. The molecule has 1 fully saturated rings. The smallest absolute Gasteiger partial charge is 0.222 e. The second-order valence-electron chi connectivity index (χ2n) is 3.54. The lowest BCUT2D eigenvalue weighted by Gasteiger charge is -2.30. The Kier molecular flexibility index (Phi) is 3.73. The zero-order valence-corrected chi connectivity index (χ0v) is 8.57. The average molecular weight is 198 g/mol. The zero-order valence-electron chi connectivity index (χ0n) is 8.57. The van der Waals surface area contributed by atoms with Crippen LogP contribution in [0.2, 0.25) is 0 Å². The van der Waals surface area contributed by atoms with Gasteiger partial charge in [0.1, 0.15) is 0 Å². The summed E-state index contributed by atoms with van der Waals surface area (Å²) in [5.41, 5.74) is 10.6. The molecule has 1 amide bonds. The lowest BCUT2D eigenvalue weighted by atomic mass is 10.1. The van der Waals surface area contributed by atoms with Crippen molar-refractivity contribution >= 4 is 11.9 Å². The van der Waals surface area contributed by atoms with Crippen LogP contribution in [-0.2, 0) is 4.79 Å². The molecule has 0 spiro atoms.